The first-order valence-electron chi connectivity index (χ1n) is 5.84. The van der Waals surface area contributed by atoms with E-state index in [1.807, 2.05) is 33.8 Å². The lowest BCUT2D eigenvalue weighted by atomic mass is 9.96. The molecule has 0 aliphatic heterocycles. The third kappa shape index (κ3) is 3.45. The third-order valence-corrected chi connectivity index (χ3v) is 3.40. The summed E-state index contributed by atoms with van der Waals surface area (Å²) in [5.74, 6) is 0.927. The number of hydrogen-bond acceptors (Lipinski definition) is 3. The second kappa shape index (κ2) is 5.69. The number of hydrogen-bond donors (Lipinski definition) is 1. The van der Waals surface area contributed by atoms with Crippen molar-refractivity contribution >= 4 is 27.7 Å². The Kier molecular flexibility index (Phi) is 4.73. The molecule has 0 spiro atoms. The molecule has 5 heteroatoms. The largest absolute Gasteiger partial charge is 0.481 e. The number of pyridine rings is 1. The molecule has 1 heterocycles. The first kappa shape index (κ1) is 15.0. The van der Waals surface area contributed by atoms with E-state index in [1.54, 1.807) is 7.11 Å². The molecule has 1 rings (SSSR count). The number of nitrogens with one attached hydrogen (secondary N) is 1. The number of anilines is 1. The summed E-state index contributed by atoms with van der Waals surface area (Å²) in [5, 5.41) is 2.82. The summed E-state index contributed by atoms with van der Waals surface area (Å²) in [7, 11) is 1.56. The predicted molar refractivity (Wildman–Crippen MR) is 76.0 cm³/mol. The predicted octanol–water partition coefficient (Wildman–Crippen LogP) is 3.40. The highest BCUT2D eigenvalue weighted by atomic mass is 79.9. The monoisotopic (exact) mass is 314 g/mol. The van der Waals surface area contributed by atoms with Crippen molar-refractivity contribution in [3.63, 3.8) is 0 Å². The summed E-state index contributed by atoms with van der Waals surface area (Å²) in [6.45, 7) is 7.61. The van der Waals surface area contributed by atoms with Crippen molar-refractivity contribution in [1.29, 1.82) is 0 Å². The van der Waals surface area contributed by atoms with Crippen LogP contribution in [0.5, 0.6) is 5.88 Å². The fraction of sp³-hybridized carbons (Fsp3) is 0.538. The quantitative estimate of drug-likeness (QED) is 0.930. The van der Waals surface area contributed by atoms with Gasteiger partial charge < -0.3 is 10.1 Å². The van der Waals surface area contributed by atoms with Crippen LogP contribution in [-0.4, -0.2) is 18.0 Å². The van der Waals surface area contributed by atoms with E-state index in [4.69, 9.17) is 4.74 Å². The van der Waals surface area contributed by atoms with Crippen LogP contribution in [0.25, 0.3) is 0 Å². The number of methoxy groups -OCH3 is 1. The third-order valence-electron chi connectivity index (χ3n) is 2.51. The van der Waals surface area contributed by atoms with E-state index in [-0.39, 0.29) is 5.91 Å². The fourth-order valence-electron chi connectivity index (χ4n) is 1.30. The number of aromatic nitrogens is 1. The number of nitrogens with zero attached hydrogens (tertiary/aromatic N) is 1. The van der Waals surface area contributed by atoms with E-state index < -0.39 is 5.41 Å². The van der Waals surface area contributed by atoms with Gasteiger partial charge in [0.1, 0.15) is 0 Å². The summed E-state index contributed by atoms with van der Waals surface area (Å²) >= 11 is 3.47. The average molecular weight is 315 g/mol. The van der Waals surface area contributed by atoms with Gasteiger partial charge in [0.2, 0.25) is 11.8 Å². The van der Waals surface area contributed by atoms with Crippen LogP contribution in [0, 0.1) is 5.41 Å². The second-order valence-electron chi connectivity index (χ2n) is 5.04. The first-order valence-corrected chi connectivity index (χ1v) is 6.63. The van der Waals surface area contributed by atoms with Gasteiger partial charge >= 0.3 is 0 Å². The lowest BCUT2D eigenvalue weighted by Gasteiger charge is -2.19. The minimum atomic E-state index is -0.462. The highest BCUT2D eigenvalue weighted by Gasteiger charge is 2.23. The Labute approximate surface area is 116 Å². The standard InChI is InChI=1S/C13H19BrN2O2/c1-6-8-7-9(18-5)15-11(10(8)14)16-12(17)13(2,3)4/h7H,6H2,1-5H3,(H,15,16,17). The first-order chi connectivity index (χ1) is 8.29. The molecule has 0 saturated carbocycles. The molecule has 1 aromatic rings. The molecule has 0 radical (unpaired) electrons. The van der Waals surface area contributed by atoms with Gasteiger partial charge in [0.15, 0.2) is 5.82 Å². The maximum atomic E-state index is 12.0. The summed E-state index contributed by atoms with van der Waals surface area (Å²) in [6.07, 6.45) is 0.831. The van der Waals surface area contributed by atoms with Gasteiger partial charge in [-0.3, -0.25) is 4.79 Å². The summed E-state index contributed by atoms with van der Waals surface area (Å²) < 4.78 is 5.94. The van der Waals surface area contributed by atoms with Crippen LogP contribution in [0.4, 0.5) is 5.82 Å². The maximum Gasteiger partial charge on any atom is 0.230 e. The van der Waals surface area contributed by atoms with Gasteiger partial charge in [-0.25, -0.2) is 0 Å². The van der Waals surface area contributed by atoms with Crippen molar-refractivity contribution in [2.45, 2.75) is 34.1 Å². The lowest BCUT2D eigenvalue weighted by molar-refractivity contribution is -0.123. The Hall–Kier alpha value is -1.10. The normalized spacial score (nSPS) is 11.2. The molecule has 0 unspecified atom stereocenters. The molecular weight excluding hydrogens is 296 g/mol. The molecule has 0 bridgehead atoms. The number of carbonyl (C=O) groups excluding carboxylic acids is 1. The molecule has 0 atom stereocenters. The van der Waals surface area contributed by atoms with Crippen molar-refractivity contribution in [3.05, 3.63) is 16.1 Å². The Balaban J connectivity index is 3.12. The van der Waals surface area contributed by atoms with Gasteiger partial charge in [-0.15, -0.1) is 0 Å². The zero-order chi connectivity index (χ0) is 13.9. The van der Waals surface area contributed by atoms with E-state index in [2.05, 4.69) is 26.2 Å². The topological polar surface area (TPSA) is 51.2 Å². The number of carbonyl (C=O) groups is 1. The molecule has 1 amide bonds. The highest BCUT2D eigenvalue weighted by Crippen LogP contribution is 2.30. The van der Waals surface area contributed by atoms with Crippen LogP contribution in [-0.2, 0) is 11.2 Å². The van der Waals surface area contributed by atoms with Gasteiger partial charge in [0, 0.05) is 11.5 Å². The van der Waals surface area contributed by atoms with Crippen molar-refractivity contribution in [1.82, 2.24) is 4.98 Å². The number of ether oxygens (including phenoxy) is 1. The number of halogens is 1. The summed E-state index contributed by atoms with van der Waals surface area (Å²) in [4.78, 5) is 16.2. The van der Waals surface area contributed by atoms with E-state index in [0.717, 1.165) is 16.5 Å². The minimum absolute atomic E-state index is 0.0778. The van der Waals surface area contributed by atoms with Crippen LogP contribution in [0.1, 0.15) is 33.3 Å². The molecular formula is C13H19BrN2O2. The molecule has 4 nitrogen and oxygen atoms in total. The van der Waals surface area contributed by atoms with Gasteiger partial charge in [-0.2, -0.15) is 4.98 Å². The maximum absolute atomic E-state index is 12.0. The average Bonchev–Trinajstić information content (AvgIpc) is 2.30. The van der Waals surface area contributed by atoms with Crippen LogP contribution in [0.15, 0.2) is 10.5 Å². The van der Waals surface area contributed by atoms with Gasteiger partial charge in [-0.1, -0.05) is 27.7 Å². The molecule has 0 aromatic carbocycles. The van der Waals surface area contributed by atoms with Crippen LogP contribution < -0.4 is 10.1 Å². The zero-order valence-electron chi connectivity index (χ0n) is 11.4. The Morgan fingerprint density at radius 3 is 2.56 bits per heavy atom. The van der Waals surface area contributed by atoms with Gasteiger partial charge in [0.25, 0.3) is 0 Å². The van der Waals surface area contributed by atoms with E-state index >= 15 is 0 Å². The van der Waals surface area contributed by atoms with E-state index in [0.29, 0.717) is 11.7 Å². The zero-order valence-corrected chi connectivity index (χ0v) is 13.0. The fourth-order valence-corrected chi connectivity index (χ4v) is 1.88. The Bertz CT molecular complexity index is 453. The summed E-state index contributed by atoms with van der Waals surface area (Å²) in [5.41, 5.74) is 0.586. The van der Waals surface area contributed by atoms with E-state index in [1.165, 1.54) is 0 Å². The van der Waals surface area contributed by atoms with Crippen molar-refractivity contribution in [3.8, 4) is 5.88 Å². The highest BCUT2D eigenvalue weighted by molar-refractivity contribution is 9.10. The van der Waals surface area contributed by atoms with E-state index in [9.17, 15) is 4.79 Å². The smallest absolute Gasteiger partial charge is 0.230 e. The molecule has 0 fully saturated rings. The Morgan fingerprint density at radius 2 is 2.11 bits per heavy atom. The second-order valence-corrected chi connectivity index (χ2v) is 5.84. The number of amides is 1. The number of aryl methyl sites for hydroxylation is 1. The SMILES string of the molecule is CCc1cc(OC)nc(NC(=O)C(C)(C)C)c1Br. The molecule has 0 saturated heterocycles. The van der Waals surface area contributed by atoms with Crippen LogP contribution >= 0.6 is 15.9 Å². The van der Waals surface area contributed by atoms with Gasteiger partial charge in [-0.05, 0) is 27.9 Å². The van der Waals surface area contributed by atoms with Crippen molar-refractivity contribution < 1.29 is 9.53 Å². The molecule has 18 heavy (non-hydrogen) atoms. The molecule has 1 N–H and O–H groups in total. The molecule has 0 aliphatic carbocycles. The molecule has 1 aromatic heterocycles. The van der Waals surface area contributed by atoms with Crippen LogP contribution in [0.3, 0.4) is 0 Å². The van der Waals surface area contributed by atoms with Crippen molar-refractivity contribution in [2.24, 2.45) is 5.41 Å². The lowest BCUT2D eigenvalue weighted by Crippen LogP contribution is -2.28. The van der Waals surface area contributed by atoms with Crippen LogP contribution in [0.2, 0.25) is 0 Å². The molecule has 0 aliphatic rings. The van der Waals surface area contributed by atoms with Gasteiger partial charge in [0.05, 0.1) is 11.6 Å². The summed E-state index contributed by atoms with van der Waals surface area (Å²) in [6, 6.07) is 1.86. The molecule has 100 valence electrons. The van der Waals surface area contributed by atoms with Crippen molar-refractivity contribution in [2.75, 3.05) is 12.4 Å². The number of rotatable bonds is 3. The Morgan fingerprint density at radius 1 is 1.50 bits per heavy atom. The minimum Gasteiger partial charge on any atom is -0.481 e.